The van der Waals surface area contributed by atoms with Crippen molar-refractivity contribution in [3.05, 3.63) is 89.4 Å². The second-order valence-electron chi connectivity index (χ2n) is 6.29. The maximum absolute atomic E-state index is 13.0. The summed E-state index contributed by atoms with van der Waals surface area (Å²) in [5.41, 5.74) is 3.29. The van der Waals surface area contributed by atoms with Crippen molar-refractivity contribution >= 4 is 17.5 Å². The number of pyridine rings is 1. The number of thioether (sulfide) groups is 1. The van der Waals surface area contributed by atoms with E-state index in [4.69, 9.17) is 0 Å². The van der Waals surface area contributed by atoms with Gasteiger partial charge < -0.3 is 0 Å². The summed E-state index contributed by atoms with van der Waals surface area (Å²) >= 11 is 1.56. The normalized spacial score (nSPS) is 10.8. The number of aromatic nitrogens is 5. The predicted molar refractivity (Wildman–Crippen MR) is 108 cm³/mol. The maximum Gasteiger partial charge on any atom is 0.204 e. The molecule has 0 spiro atoms. The number of nitrogens with one attached hydrogen (secondary N) is 1. The lowest BCUT2D eigenvalue weighted by Crippen LogP contribution is -2.04. The van der Waals surface area contributed by atoms with Gasteiger partial charge in [0.05, 0.1) is 5.03 Å². The first kappa shape index (κ1) is 18.9. The van der Waals surface area contributed by atoms with Gasteiger partial charge >= 0.3 is 0 Å². The molecule has 0 amide bonds. The Balaban J connectivity index is 1.40. The number of aromatic amines is 1. The summed E-state index contributed by atoms with van der Waals surface area (Å²) in [6.07, 6.45) is 1.80. The van der Waals surface area contributed by atoms with E-state index in [9.17, 15) is 9.18 Å². The van der Waals surface area contributed by atoms with E-state index in [0.29, 0.717) is 17.1 Å². The van der Waals surface area contributed by atoms with E-state index >= 15 is 0 Å². The van der Waals surface area contributed by atoms with E-state index in [2.05, 4.69) is 25.6 Å². The lowest BCUT2D eigenvalue weighted by atomic mass is 10.0. The van der Waals surface area contributed by atoms with Gasteiger partial charge in [-0.05, 0) is 40.6 Å². The lowest BCUT2D eigenvalue weighted by molar-refractivity contribution is 0.0992. The molecule has 0 radical (unpaired) electrons. The van der Waals surface area contributed by atoms with Crippen LogP contribution in [0.5, 0.6) is 0 Å². The summed E-state index contributed by atoms with van der Waals surface area (Å²) in [5, 5.41) is 15.0. The number of H-pyrrole nitrogens is 1. The summed E-state index contributed by atoms with van der Waals surface area (Å²) in [6.45, 7) is 0. The Morgan fingerprint density at radius 3 is 2.59 bits per heavy atom. The number of ketones is 1. The van der Waals surface area contributed by atoms with Crippen molar-refractivity contribution in [3.8, 4) is 11.4 Å². The molecule has 4 aromatic rings. The molecule has 0 aliphatic carbocycles. The summed E-state index contributed by atoms with van der Waals surface area (Å²) in [7, 11) is 0. The van der Waals surface area contributed by atoms with Gasteiger partial charge in [-0.2, -0.15) is 5.21 Å². The molecule has 4 rings (SSSR count). The third kappa shape index (κ3) is 4.72. The van der Waals surface area contributed by atoms with Gasteiger partial charge in [0, 0.05) is 29.5 Å². The standard InChI is InChI=1S/C21H16FN5OS/c22-17-8-5-14(6-9-17)11-19(28)15-7-10-20(23-12-15)29-13-16-3-1-2-4-18(16)21-24-26-27-25-21/h1-10,12H,11,13H2,(H,24,25,26,27). The van der Waals surface area contributed by atoms with E-state index in [0.717, 1.165) is 21.7 Å². The molecule has 144 valence electrons. The highest BCUT2D eigenvalue weighted by atomic mass is 32.2. The van der Waals surface area contributed by atoms with Crippen molar-refractivity contribution in [3.63, 3.8) is 0 Å². The molecule has 0 fully saturated rings. The minimum atomic E-state index is -0.315. The van der Waals surface area contributed by atoms with E-state index < -0.39 is 0 Å². The van der Waals surface area contributed by atoms with Crippen molar-refractivity contribution in [1.82, 2.24) is 25.6 Å². The van der Waals surface area contributed by atoms with E-state index in [1.54, 1.807) is 36.2 Å². The lowest BCUT2D eigenvalue weighted by Gasteiger charge is -2.06. The van der Waals surface area contributed by atoms with Gasteiger partial charge in [0.15, 0.2) is 5.78 Å². The molecular formula is C21H16FN5OS. The quantitative estimate of drug-likeness (QED) is 0.368. The minimum absolute atomic E-state index is 0.0527. The largest absolute Gasteiger partial charge is 0.294 e. The second kappa shape index (κ2) is 8.74. The zero-order chi connectivity index (χ0) is 20.1. The molecule has 29 heavy (non-hydrogen) atoms. The predicted octanol–water partition coefficient (Wildman–Crippen LogP) is 4.12. The van der Waals surface area contributed by atoms with Gasteiger partial charge in [-0.15, -0.1) is 22.0 Å². The van der Waals surface area contributed by atoms with Crippen LogP contribution in [0.25, 0.3) is 11.4 Å². The zero-order valence-electron chi connectivity index (χ0n) is 15.2. The molecule has 0 aliphatic rings. The third-order valence-corrected chi connectivity index (χ3v) is 5.31. The van der Waals surface area contributed by atoms with E-state index in [1.165, 1.54) is 12.1 Å². The molecule has 0 atom stereocenters. The van der Waals surface area contributed by atoms with Crippen molar-refractivity contribution in [2.24, 2.45) is 0 Å². The van der Waals surface area contributed by atoms with Crippen LogP contribution in [-0.2, 0) is 12.2 Å². The van der Waals surface area contributed by atoms with Crippen LogP contribution in [0.4, 0.5) is 4.39 Å². The number of tetrazole rings is 1. The fourth-order valence-electron chi connectivity index (χ4n) is 2.81. The Bertz CT molecular complexity index is 1100. The first-order valence-electron chi connectivity index (χ1n) is 8.87. The molecule has 2 aromatic carbocycles. The molecule has 0 saturated heterocycles. The van der Waals surface area contributed by atoms with Crippen molar-refractivity contribution in [2.75, 3.05) is 0 Å². The molecular weight excluding hydrogens is 389 g/mol. The van der Waals surface area contributed by atoms with Crippen molar-refractivity contribution in [1.29, 1.82) is 0 Å². The van der Waals surface area contributed by atoms with Gasteiger partial charge in [-0.25, -0.2) is 9.37 Å². The van der Waals surface area contributed by atoms with Crippen LogP contribution in [0.3, 0.4) is 0 Å². The smallest absolute Gasteiger partial charge is 0.204 e. The third-order valence-electron chi connectivity index (χ3n) is 4.32. The van der Waals surface area contributed by atoms with Crippen LogP contribution in [-0.4, -0.2) is 31.4 Å². The average Bonchev–Trinajstić information content (AvgIpc) is 3.29. The number of halogens is 1. The number of rotatable bonds is 7. The molecule has 8 heteroatoms. The SMILES string of the molecule is O=C(Cc1ccc(F)cc1)c1ccc(SCc2ccccc2-c2nn[nH]n2)nc1. The Hall–Kier alpha value is -3.39. The Morgan fingerprint density at radius 2 is 1.86 bits per heavy atom. The minimum Gasteiger partial charge on any atom is -0.294 e. The Kier molecular flexibility index (Phi) is 5.71. The van der Waals surface area contributed by atoms with E-state index in [1.807, 2.05) is 30.3 Å². The van der Waals surface area contributed by atoms with Crippen LogP contribution in [0.2, 0.25) is 0 Å². The molecule has 2 aromatic heterocycles. The number of Topliss-reactive ketones (excluding diaryl/α,β-unsaturated/α-hetero) is 1. The molecule has 1 N–H and O–H groups in total. The first-order valence-corrected chi connectivity index (χ1v) is 9.86. The van der Waals surface area contributed by atoms with Gasteiger partial charge in [0.1, 0.15) is 5.82 Å². The maximum atomic E-state index is 13.0. The molecule has 0 unspecified atom stereocenters. The van der Waals surface area contributed by atoms with Crippen LogP contribution in [0.15, 0.2) is 71.9 Å². The summed E-state index contributed by atoms with van der Waals surface area (Å²) in [5.74, 6) is 0.866. The highest BCUT2D eigenvalue weighted by Gasteiger charge is 2.11. The first-order chi connectivity index (χ1) is 14.2. The fraction of sp³-hybridized carbons (Fsp3) is 0.0952. The Labute approximate surface area is 170 Å². The fourth-order valence-corrected chi connectivity index (χ4v) is 3.66. The van der Waals surface area contributed by atoms with Crippen molar-refractivity contribution in [2.45, 2.75) is 17.2 Å². The number of hydrogen-bond acceptors (Lipinski definition) is 6. The number of nitrogens with zero attached hydrogens (tertiary/aromatic N) is 4. The van der Waals surface area contributed by atoms with Gasteiger partial charge in [0.2, 0.25) is 5.82 Å². The van der Waals surface area contributed by atoms with Gasteiger partial charge in [0.25, 0.3) is 0 Å². The summed E-state index contributed by atoms with van der Waals surface area (Å²) in [4.78, 5) is 16.8. The highest BCUT2D eigenvalue weighted by Crippen LogP contribution is 2.27. The van der Waals surface area contributed by atoms with Crippen LogP contribution in [0, 0.1) is 5.82 Å². The summed E-state index contributed by atoms with van der Waals surface area (Å²) in [6, 6.07) is 17.4. The van der Waals surface area contributed by atoms with Gasteiger partial charge in [-0.1, -0.05) is 36.4 Å². The Morgan fingerprint density at radius 1 is 1.03 bits per heavy atom. The number of carbonyl (C=O) groups is 1. The zero-order valence-corrected chi connectivity index (χ0v) is 16.1. The van der Waals surface area contributed by atoms with Crippen LogP contribution < -0.4 is 0 Å². The molecule has 6 nitrogen and oxygen atoms in total. The molecule has 0 saturated carbocycles. The topological polar surface area (TPSA) is 84.4 Å². The number of benzene rings is 2. The average molecular weight is 405 g/mol. The van der Waals surface area contributed by atoms with E-state index in [-0.39, 0.29) is 18.0 Å². The highest BCUT2D eigenvalue weighted by molar-refractivity contribution is 7.98. The number of carbonyl (C=O) groups excluding carboxylic acids is 1. The summed E-state index contributed by atoms with van der Waals surface area (Å²) < 4.78 is 13.0. The van der Waals surface area contributed by atoms with Crippen LogP contribution in [0.1, 0.15) is 21.5 Å². The number of hydrogen-bond donors (Lipinski definition) is 1. The molecule has 0 bridgehead atoms. The van der Waals surface area contributed by atoms with Crippen LogP contribution >= 0.6 is 11.8 Å². The monoisotopic (exact) mass is 405 g/mol. The molecule has 2 heterocycles. The second-order valence-corrected chi connectivity index (χ2v) is 7.29. The van der Waals surface area contributed by atoms with Gasteiger partial charge in [-0.3, -0.25) is 4.79 Å². The van der Waals surface area contributed by atoms with Crippen molar-refractivity contribution < 1.29 is 9.18 Å². The molecule has 0 aliphatic heterocycles.